The van der Waals surface area contributed by atoms with E-state index in [0.717, 1.165) is 24.5 Å². The average molecular weight is 229 g/mol. The van der Waals surface area contributed by atoms with Gasteiger partial charge in [-0.15, -0.1) is 11.6 Å². The van der Waals surface area contributed by atoms with Gasteiger partial charge in [0.05, 0.1) is 5.38 Å². The van der Waals surface area contributed by atoms with Crippen molar-refractivity contribution < 1.29 is 8.78 Å². The molecule has 0 nitrogen and oxygen atoms in total. The summed E-state index contributed by atoms with van der Waals surface area (Å²) in [6.45, 7) is 0. The summed E-state index contributed by atoms with van der Waals surface area (Å²) in [4.78, 5) is 0. The van der Waals surface area contributed by atoms with Crippen molar-refractivity contribution in [2.75, 3.05) is 0 Å². The molecule has 0 N–H and O–H groups in total. The van der Waals surface area contributed by atoms with Crippen molar-refractivity contribution in [3.05, 3.63) is 47.0 Å². The van der Waals surface area contributed by atoms with Crippen molar-refractivity contribution in [1.29, 1.82) is 0 Å². The molecule has 3 heteroatoms. The molecule has 15 heavy (non-hydrogen) atoms. The molecule has 0 saturated carbocycles. The number of rotatable bonds is 2. The van der Waals surface area contributed by atoms with Crippen LogP contribution in [0.4, 0.5) is 8.78 Å². The summed E-state index contributed by atoms with van der Waals surface area (Å²) >= 11 is 5.90. The van der Waals surface area contributed by atoms with Gasteiger partial charge in [0.1, 0.15) is 0 Å². The van der Waals surface area contributed by atoms with Crippen LogP contribution in [-0.2, 0) is 6.42 Å². The standard InChI is InChI=1S/C12H11ClF2/c13-10-5-4-8(7-10)6-9-2-1-3-11(14)12(9)15/h1-3,7,10H,4-6H2. The molecule has 0 spiro atoms. The van der Waals surface area contributed by atoms with Crippen molar-refractivity contribution in [3.8, 4) is 0 Å². The SMILES string of the molecule is Fc1cccc(CC2=CC(Cl)CC2)c1F. The van der Waals surface area contributed by atoms with Gasteiger partial charge in [0.15, 0.2) is 11.6 Å². The molecular weight excluding hydrogens is 218 g/mol. The minimum atomic E-state index is -0.784. The van der Waals surface area contributed by atoms with E-state index < -0.39 is 11.6 Å². The summed E-state index contributed by atoms with van der Waals surface area (Å²) in [6, 6.07) is 4.27. The van der Waals surface area contributed by atoms with Gasteiger partial charge in [-0.25, -0.2) is 8.78 Å². The van der Waals surface area contributed by atoms with E-state index in [2.05, 4.69) is 0 Å². The lowest BCUT2D eigenvalue weighted by atomic mass is 10.0. The van der Waals surface area contributed by atoms with Crippen LogP contribution in [0.3, 0.4) is 0 Å². The van der Waals surface area contributed by atoms with Gasteiger partial charge in [-0.1, -0.05) is 23.8 Å². The maximum atomic E-state index is 13.3. The molecule has 0 radical (unpaired) electrons. The quantitative estimate of drug-likeness (QED) is 0.533. The first-order valence-electron chi connectivity index (χ1n) is 4.93. The van der Waals surface area contributed by atoms with E-state index in [0.29, 0.717) is 12.0 Å². The Balaban J connectivity index is 2.18. The lowest BCUT2D eigenvalue weighted by Crippen LogP contribution is -1.95. The second kappa shape index (κ2) is 4.31. The van der Waals surface area contributed by atoms with Crippen LogP contribution in [0.5, 0.6) is 0 Å². The summed E-state index contributed by atoms with van der Waals surface area (Å²) in [5, 5.41) is 0.0524. The number of alkyl halides is 1. The predicted molar refractivity (Wildman–Crippen MR) is 57.0 cm³/mol. The molecular formula is C12H11ClF2. The van der Waals surface area contributed by atoms with Crippen molar-refractivity contribution in [3.63, 3.8) is 0 Å². The Morgan fingerprint density at radius 3 is 2.80 bits per heavy atom. The summed E-state index contributed by atoms with van der Waals surface area (Å²) in [6.07, 6.45) is 4.18. The highest BCUT2D eigenvalue weighted by Crippen LogP contribution is 2.26. The van der Waals surface area contributed by atoms with Crippen molar-refractivity contribution in [2.45, 2.75) is 24.6 Å². The third-order valence-electron chi connectivity index (χ3n) is 2.61. The Morgan fingerprint density at radius 1 is 1.33 bits per heavy atom. The van der Waals surface area contributed by atoms with E-state index in [-0.39, 0.29) is 5.38 Å². The van der Waals surface area contributed by atoms with E-state index >= 15 is 0 Å². The maximum absolute atomic E-state index is 13.3. The maximum Gasteiger partial charge on any atom is 0.162 e. The minimum Gasteiger partial charge on any atom is -0.204 e. The number of allylic oxidation sites excluding steroid dienone is 2. The molecule has 1 aliphatic carbocycles. The average Bonchev–Trinajstić information content (AvgIpc) is 2.59. The largest absolute Gasteiger partial charge is 0.204 e. The van der Waals surface area contributed by atoms with Gasteiger partial charge >= 0.3 is 0 Å². The van der Waals surface area contributed by atoms with Gasteiger partial charge in [0, 0.05) is 0 Å². The molecule has 1 atom stereocenters. The molecule has 0 aliphatic heterocycles. The van der Waals surface area contributed by atoms with Crippen LogP contribution < -0.4 is 0 Å². The second-order valence-electron chi connectivity index (χ2n) is 3.77. The Labute approximate surface area is 92.6 Å². The van der Waals surface area contributed by atoms with E-state index in [4.69, 9.17) is 11.6 Å². The number of hydrogen-bond acceptors (Lipinski definition) is 0. The zero-order valence-corrected chi connectivity index (χ0v) is 8.90. The Kier molecular flexibility index (Phi) is 3.06. The summed E-state index contributed by atoms with van der Waals surface area (Å²) < 4.78 is 26.2. The highest BCUT2D eigenvalue weighted by Gasteiger charge is 2.15. The minimum absolute atomic E-state index is 0.0524. The zero-order chi connectivity index (χ0) is 10.8. The Bertz CT molecular complexity index is 399. The van der Waals surface area contributed by atoms with Crippen LogP contribution in [0.25, 0.3) is 0 Å². The van der Waals surface area contributed by atoms with Gasteiger partial charge in [0.2, 0.25) is 0 Å². The number of halogens is 3. The highest BCUT2D eigenvalue weighted by atomic mass is 35.5. The molecule has 1 aromatic rings. The van der Waals surface area contributed by atoms with E-state index in [9.17, 15) is 8.78 Å². The van der Waals surface area contributed by atoms with Crippen LogP contribution >= 0.6 is 11.6 Å². The first-order valence-corrected chi connectivity index (χ1v) is 5.37. The molecule has 2 rings (SSSR count). The van der Waals surface area contributed by atoms with Crippen molar-refractivity contribution in [1.82, 2.24) is 0 Å². The molecule has 1 unspecified atom stereocenters. The van der Waals surface area contributed by atoms with Gasteiger partial charge in [-0.2, -0.15) is 0 Å². The fourth-order valence-corrected chi connectivity index (χ4v) is 2.11. The van der Waals surface area contributed by atoms with Crippen molar-refractivity contribution >= 4 is 11.6 Å². The first-order chi connectivity index (χ1) is 7.16. The third-order valence-corrected chi connectivity index (χ3v) is 2.95. The predicted octanol–water partition coefficient (Wildman–Crippen LogP) is 3.83. The highest BCUT2D eigenvalue weighted by molar-refractivity contribution is 6.22. The Morgan fingerprint density at radius 2 is 2.13 bits per heavy atom. The molecule has 1 aliphatic rings. The molecule has 1 aromatic carbocycles. The monoisotopic (exact) mass is 228 g/mol. The Hall–Kier alpha value is -0.890. The number of hydrogen-bond donors (Lipinski definition) is 0. The zero-order valence-electron chi connectivity index (χ0n) is 8.14. The van der Waals surface area contributed by atoms with Gasteiger partial charge in [-0.05, 0) is 30.9 Å². The first kappa shape index (κ1) is 10.6. The van der Waals surface area contributed by atoms with Crippen LogP contribution in [-0.4, -0.2) is 5.38 Å². The number of benzene rings is 1. The molecule has 0 bridgehead atoms. The fraction of sp³-hybridized carbons (Fsp3) is 0.333. The van der Waals surface area contributed by atoms with Gasteiger partial charge < -0.3 is 0 Å². The second-order valence-corrected chi connectivity index (χ2v) is 4.33. The third kappa shape index (κ3) is 2.37. The molecule has 0 saturated heterocycles. The van der Waals surface area contributed by atoms with E-state index in [1.807, 2.05) is 6.08 Å². The molecule has 80 valence electrons. The topological polar surface area (TPSA) is 0 Å². The smallest absolute Gasteiger partial charge is 0.162 e. The van der Waals surface area contributed by atoms with E-state index in [1.165, 1.54) is 6.07 Å². The van der Waals surface area contributed by atoms with Crippen LogP contribution in [0.2, 0.25) is 0 Å². The molecule has 0 heterocycles. The summed E-state index contributed by atoms with van der Waals surface area (Å²) in [5.74, 6) is -1.52. The lowest BCUT2D eigenvalue weighted by molar-refractivity contribution is 0.500. The van der Waals surface area contributed by atoms with Gasteiger partial charge in [-0.3, -0.25) is 0 Å². The van der Waals surface area contributed by atoms with Crippen LogP contribution in [0, 0.1) is 11.6 Å². The fourth-order valence-electron chi connectivity index (χ4n) is 1.82. The molecule has 0 amide bonds. The molecule has 0 aromatic heterocycles. The lowest BCUT2D eigenvalue weighted by Gasteiger charge is -2.04. The summed E-state index contributed by atoms with van der Waals surface area (Å²) in [7, 11) is 0. The normalized spacial score (nSPS) is 20.5. The van der Waals surface area contributed by atoms with Crippen LogP contribution in [0.15, 0.2) is 29.8 Å². The van der Waals surface area contributed by atoms with Crippen molar-refractivity contribution in [2.24, 2.45) is 0 Å². The van der Waals surface area contributed by atoms with Gasteiger partial charge in [0.25, 0.3) is 0 Å². The molecule has 0 fully saturated rings. The van der Waals surface area contributed by atoms with E-state index in [1.54, 1.807) is 6.07 Å². The summed E-state index contributed by atoms with van der Waals surface area (Å²) in [5.41, 5.74) is 1.51. The van der Waals surface area contributed by atoms with Crippen LogP contribution in [0.1, 0.15) is 18.4 Å².